The van der Waals surface area contributed by atoms with E-state index in [1.807, 2.05) is 61.5 Å². The van der Waals surface area contributed by atoms with E-state index in [9.17, 15) is 4.79 Å². The number of hydrogen-bond acceptors (Lipinski definition) is 3. The number of anilines is 1. The lowest BCUT2D eigenvalue weighted by Crippen LogP contribution is -2.08. The standard InChI is InChI=1S/C23H17ClN2O2/c1-15-7-11-19-21(13-15)28-23(26-19)17-9-10-18(24)20(14-17)25-22(27)12-8-16-5-3-2-4-6-16/h2-14H,1H3,(H,25,27). The van der Waals surface area contributed by atoms with E-state index in [1.54, 1.807) is 18.2 Å². The van der Waals surface area contributed by atoms with E-state index in [-0.39, 0.29) is 5.91 Å². The third-order valence-corrected chi connectivity index (χ3v) is 4.57. The van der Waals surface area contributed by atoms with E-state index < -0.39 is 0 Å². The van der Waals surface area contributed by atoms with Gasteiger partial charge in [-0.25, -0.2) is 4.98 Å². The molecule has 0 radical (unpaired) electrons. The van der Waals surface area contributed by atoms with Crippen LogP contribution in [-0.4, -0.2) is 10.9 Å². The van der Waals surface area contributed by atoms with Crippen LogP contribution in [0.25, 0.3) is 28.6 Å². The van der Waals surface area contributed by atoms with Crippen LogP contribution in [0.1, 0.15) is 11.1 Å². The fourth-order valence-electron chi connectivity index (χ4n) is 2.82. The van der Waals surface area contributed by atoms with Crippen LogP contribution in [0.2, 0.25) is 5.02 Å². The molecule has 0 bridgehead atoms. The molecule has 1 heterocycles. The highest BCUT2D eigenvalue weighted by Gasteiger charge is 2.11. The first kappa shape index (κ1) is 18.0. The number of benzene rings is 3. The van der Waals surface area contributed by atoms with Crippen LogP contribution in [-0.2, 0) is 4.79 Å². The molecule has 0 aliphatic heterocycles. The second-order valence-corrected chi connectivity index (χ2v) is 6.83. The van der Waals surface area contributed by atoms with Crippen molar-refractivity contribution in [2.24, 2.45) is 0 Å². The van der Waals surface area contributed by atoms with Gasteiger partial charge in [0.05, 0.1) is 10.7 Å². The van der Waals surface area contributed by atoms with Gasteiger partial charge in [0, 0.05) is 11.6 Å². The van der Waals surface area contributed by atoms with Crippen LogP contribution in [0.3, 0.4) is 0 Å². The molecule has 0 saturated heterocycles. The summed E-state index contributed by atoms with van der Waals surface area (Å²) in [5.74, 6) is 0.212. The van der Waals surface area contributed by atoms with Gasteiger partial charge >= 0.3 is 0 Å². The van der Waals surface area contributed by atoms with Gasteiger partial charge in [-0.15, -0.1) is 0 Å². The van der Waals surface area contributed by atoms with Crippen molar-refractivity contribution >= 4 is 40.4 Å². The zero-order valence-corrected chi connectivity index (χ0v) is 15.9. The average molecular weight is 389 g/mol. The molecule has 4 aromatic rings. The predicted molar refractivity (Wildman–Crippen MR) is 113 cm³/mol. The second-order valence-electron chi connectivity index (χ2n) is 6.42. The number of fused-ring (bicyclic) bond motifs is 1. The first-order chi connectivity index (χ1) is 13.6. The maximum absolute atomic E-state index is 12.3. The van der Waals surface area contributed by atoms with Crippen LogP contribution in [0, 0.1) is 6.92 Å². The minimum Gasteiger partial charge on any atom is -0.436 e. The van der Waals surface area contributed by atoms with Gasteiger partial charge in [-0.05, 0) is 54.5 Å². The maximum atomic E-state index is 12.3. The summed E-state index contributed by atoms with van der Waals surface area (Å²) in [6.45, 7) is 2.00. The van der Waals surface area contributed by atoms with Gasteiger partial charge in [-0.2, -0.15) is 0 Å². The van der Waals surface area contributed by atoms with Crippen LogP contribution in [0.15, 0.2) is 77.2 Å². The molecule has 0 spiro atoms. The highest BCUT2D eigenvalue weighted by Crippen LogP contribution is 2.30. The van der Waals surface area contributed by atoms with Gasteiger partial charge in [-0.1, -0.05) is 48.0 Å². The molecule has 0 aliphatic carbocycles. The highest BCUT2D eigenvalue weighted by atomic mass is 35.5. The quantitative estimate of drug-likeness (QED) is 0.429. The first-order valence-corrected chi connectivity index (χ1v) is 9.17. The van der Waals surface area contributed by atoms with Gasteiger partial charge in [0.15, 0.2) is 5.58 Å². The molecular weight excluding hydrogens is 372 g/mol. The van der Waals surface area contributed by atoms with Crippen molar-refractivity contribution in [2.45, 2.75) is 6.92 Å². The topological polar surface area (TPSA) is 55.1 Å². The molecule has 1 N–H and O–H groups in total. The van der Waals surface area contributed by atoms with Crippen LogP contribution in [0.5, 0.6) is 0 Å². The van der Waals surface area contributed by atoms with Crippen LogP contribution in [0.4, 0.5) is 5.69 Å². The van der Waals surface area contributed by atoms with E-state index in [2.05, 4.69) is 10.3 Å². The number of carbonyl (C=O) groups excluding carboxylic acids is 1. The molecular formula is C23H17ClN2O2. The lowest BCUT2D eigenvalue weighted by Gasteiger charge is -2.06. The van der Waals surface area contributed by atoms with Crippen molar-refractivity contribution in [1.29, 1.82) is 0 Å². The smallest absolute Gasteiger partial charge is 0.248 e. The predicted octanol–water partition coefficient (Wildman–Crippen LogP) is 6.11. The summed E-state index contributed by atoms with van der Waals surface area (Å²) in [4.78, 5) is 16.8. The van der Waals surface area contributed by atoms with Crippen molar-refractivity contribution in [3.63, 3.8) is 0 Å². The lowest BCUT2D eigenvalue weighted by molar-refractivity contribution is -0.111. The van der Waals surface area contributed by atoms with Crippen molar-refractivity contribution < 1.29 is 9.21 Å². The number of aromatic nitrogens is 1. The molecule has 0 fully saturated rings. The Balaban J connectivity index is 1.58. The van der Waals surface area contributed by atoms with Crippen molar-refractivity contribution in [1.82, 2.24) is 4.98 Å². The summed E-state index contributed by atoms with van der Waals surface area (Å²) in [5.41, 5.74) is 4.79. The number of nitrogens with zero attached hydrogens (tertiary/aromatic N) is 1. The Kier molecular flexibility index (Phi) is 4.96. The van der Waals surface area contributed by atoms with E-state index in [0.29, 0.717) is 16.6 Å². The summed E-state index contributed by atoms with van der Waals surface area (Å²) in [6.07, 6.45) is 3.22. The fraction of sp³-hybridized carbons (Fsp3) is 0.0435. The van der Waals surface area contributed by atoms with E-state index >= 15 is 0 Å². The monoisotopic (exact) mass is 388 g/mol. The minimum atomic E-state index is -0.268. The molecule has 28 heavy (non-hydrogen) atoms. The summed E-state index contributed by atoms with van der Waals surface area (Å²) >= 11 is 6.25. The van der Waals surface area contributed by atoms with E-state index in [4.69, 9.17) is 16.0 Å². The molecule has 4 rings (SSSR count). The van der Waals surface area contributed by atoms with Gasteiger partial charge in [-0.3, -0.25) is 4.79 Å². The van der Waals surface area contributed by atoms with E-state index in [1.165, 1.54) is 6.08 Å². The SMILES string of the molecule is Cc1ccc2nc(-c3ccc(Cl)c(NC(=O)C=Cc4ccccc4)c3)oc2c1. The molecule has 0 atom stereocenters. The average Bonchev–Trinajstić information content (AvgIpc) is 3.12. The number of halogens is 1. The van der Waals surface area contributed by atoms with Gasteiger partial charge in [0.2, 0.25) is 11.8 Å². The van der Waals surface area contributed by atoms with Crippen molar-refractivity contribution in [3.8, 4) is 11.5 Å². The molecule has 4 nitrogen and oxygen atoms in total. The Hall–Kier alpha value is -3.37. The number of rotatable bonds is 4. The Morgan fingerprint density at radius 2 is 1.89 bits per heavy atom. The number of carbonyl (C=O) groups is 1. The fourth-order valence-corrected chi connectivity index (χ4v) is 2.98. The Morgan fingerprint density at radius 3 is 2.71 bits per heavy atom. The molecule has 3 aromatic carbocycles. The molecule has 138 valence electrons. The molecule has 0 aliphatic rings. The molecule has 0 saturated carbocycles. The number of oxazole rings is 1. The Bertz CT molecular complexity index is 1180. The second kappa shape index (κ2) is 7.71. The normalized spacial score (nSPS) is 11.2. The molecule has 1 aromatic heterocycles. The third-order valence-electron chi connectivity index (χ3n) is 4.24. The Morgan fingerprint density at radius 1 is 1.07 bits per heavy atom. The zero-order chi connectivity index (χ0) is 19.5. The zero-order valence-electron chi connectivity index (χ0n) is 15.1. The maximum Gasteiger partial charge on any atom is 0.248 e. The lowest BCUT2D eigenvalue weighted by atomic mass is 10.2. The minimum absolute atomic E-state index is 0.268. The largest absolute Gasteiger partial charge is 0.436 e. The van der Waals surface area contributed by atoms with Crippen molar-refractivity contribution in [3.05, 3.63) is 89.0 Å². The van der Waals surface area contributed by atoms with Crippen LogP contribution < -0.4 is 5.32 Å². The van der Waals surface area contributed by atoms with E-state index in [0.717, 1.165) is 27.8 Å². The van der Waals surface area contributed by atoms with Crippen LogP contribution >= 0.6 is 11.6 Å². The number of aryl methyl sites for hydroxylation is 1. The molecule has 5 heteroatoms. The first-order valence-electron chi connectivity index (χ1n) is 8.80. The summed E-state index contributed by atoms with van der Waals surface area (Å²) in [7, 11) is 0. The highest BCUT2D eigenvalue weighted by molar-refractivity contribution is 6.34. The number of hydrogen-bond donors (Lipinski definition) is 1. The third kappa shape index (κ3) is 3.97. The Labute approximate surface area is 167 Å². The summed E-state index contributed by atoms with van der Waals surface area (Å²) in [5, 5.41) is 3.25. The number of amides is 1. The summed E-state index contributed by atoms with van der Waals surface area (Å²) in [6, 6.07) is 20.7. The number of nitrogens with one attached hydrogen (secondary N) is 1. The van der Waals surface area contributed by atoms with Crippen molar-refractivity contribution in [2.75, 3.05) is 5.32 Å². The molecule has 0 unspecified atom stereocenters. The van der Waals surface area contributed by atoms with Gasteiger partial charge in [0.1, 0.15) is 5.52 Å². The van der Waals surface area contributed by atoms with Gasteiger partial charge in [0.25, 0.3) is 0 Å². The van der Waals surface area contributed by atoms with Gasteiger partial charge < -0.3 is 9.73 Å². The molecule has 1 amide bonds. The summed E-state index contributed by atoms with van der Waals surface area (Å²) < 4.78 is 5.86.